The largest absolute Gasteiger partial charge is 0.496 e. The second-order valence-corrected chi connectivity index (χ2v) is 7.52. The van der Waals surface area contributed by atoms with Crippen LogP contribution in [0.4, 0.5) is 0 Å². The fraction of sp³-hybridized carbons (Fsp3) is 0.500. The van der Waals surface area contributed by atoms with Gasteiger partial charge in [-0.25, -0.2) is 13.1 Å². The SMILES string of the molecule is COc1ccc(Cl)cc1C(=O)N1CCC(NS(C)(=O)=O)CC1. The predicted molar refractivity (Wildman–Crippen MR) is 84.9 cm³/mol. The van der Waals surface area contributed by atoms with E-state index in [0.29, 0.717) is 42.3 Å². The Labute approximate surface area is 135 Å². The van der Waals surface area contributed by atoms with Crippen LogP contribution in [-0.4, -0.2) is 51.7 Å². The highest BCUT2D eigenvalue weighted by Crippen LogP contribution is 2.25. The summed E-state index contributed by atoms with van der Waals surface area (Å²) in [5, 5.41) is 0.470. The summed E-state index contributed by atoms with van der Waals surface area (Å²) in [7, 11) is -1.72. The molecular formula is C14H19ClN2O4S. The van der Waals surface area contributed by atoms with E-state index in [0.717, 1.165) is 6.26 Å². The van der Waals surface area contributed by atoms with Crippen molar-refractivity contribution < 1.29 is 17.9 Å². The molecule has 1 aliphatic heterocycles. The molecular weight excluding hydrogens is 328 g/mol. The van der Waals surface area contributed by atoms with Crippen molar-refractivity contribution in [2.24, 2.45) is 0 Å². The van der Waals surface area contributed by atoms with Gasteiger partial charge in [0.1, 0.15) is 5.75 Å². The van der Waals surface area contributed by atoms with Crippen LogP contribution in [0.5, 0.6) is 5.75 Å². The molecule has 1 heterocycles. The number of sulfonamides is 1. The number of halogens is 1. The van der Waals surface area contributed by atoms with Gasteiger partial charge in [-0.3, -0.25) is 4.79 Å². The van der Waals surface area contributed by atoms with Crippen molar-refractivity contribution in [3.8, 4) is 5.75 Å². The van der Waals surface area contributed by atoms with Crippen LogP contribution in [0.2, 0.25) is 5.02 Å². The zero-order valence-corrected chi connectivity index (χ0v) is 14.1. The highest BCUT2D eigenvalue weighted by molar-refractivity contribution is 7.88. The lowest BCUT2D eigenvalue weighted by molar-refractivity contribution is 0.0708. The summed E-state index contributed by atoms with van der Waals surface area (Å²) in [6.45, 7) is 0.976. The number of nitrogens with one attached hydrogen (secondary N) is 1. The molecule has 1 N–H and O–H groups in total. The lowest BCUT2D eigenvalue weighted by Gasteiger charge is -2.32. The minimum atomic E-state index is -3.22. The molecule has 0 atom stereocenters. The van der Waals surface area contributed by atoms with Crippen molar-refractivity contribution in [1.82, 2.24) is 9.62 Å². The summed E-state index contributed by atoms with van der Waals surface area (Å²) in [5.41, 5.74) is 0.421. The molecule has 0 spiro atoms. The number of nitrogens with zero attached hydrogens (tertiary/aromatic N) is 1. The molecule has 1 amide bonds. The minimum absolute atomic E-state index is 0.125. The fourth-order valence-corrected chi connectivity index (χ4v) is 3.53. The molecule has 1 aromatic rings. The second kappa shape index (κ2) is 6.85. The number of methoxy groups -OCH3 is 1. The summed E-state index contributed by atoms with van der Waals surface area (Å²) in [6, 6.07) is 4.79. The fourth-order valence-electron chi connectivity index (χ4n) is 2.52. The first-order chi connectivity index (χ1) is 10.3. The van der Waals surface area contributed by atoms with Gasteiger partial charge in [0.2, 0.25) is 10.0 Å². The summed E-state index contributed by atoms with van der Waals surface area (Å²) < 4.78 is 30.2. The van der Waals surface area contributed by atoms with Crippen LogP contribution < -0.4 is 9.46 Å². The third kappa shape index (κ3) is 4.34. The number of hydrogen-bond acceptors (Lipinski definition) is 4. The van der Waals surface area contributed by atoms with Gasteiger partial charge in [0, 0.05) is 24.2 Å². The van der Waals surface area contributed by atoms with Crippen LogP contribution in [0.25, 0.3) is 0 Å². The topological polar surface area (TPSA) is 75.7 Å². The maximum absolute atomic E-state index is 12.6. The van der Waals surface area contributed by atoms with Gasteiger partial charge in [0.25, 0.3) is 5.91 Å². The van der Waals surface area contributed by atoms with E-state index in [1.165, 1.54) is 7.11 Å². The van der Waals surface area contributed by atoms with Crippen LogP contribution in [-0.2, 0) is 10.0 Å². The number of rotatable bonds is 4. The van der Waals surface area contributed by atoms with Crippen LogP contribution in [0.15, 0.2) is 18.2 Å². The summed E-state index contributed by atoms with van der Waals surface area (Å²) in [6.07, 6.45) is 2.31. The lowest BCUT2D eigenvalue weighted by Crippen LogP contribution is -2.46. The Kier molecular flexibility index (Phi) is 5.31. The molecule has 22 heavy (non-hydrogen) atoms. The van der Waals surface area contributed by atoms with Crippen LogP contribution in [0, 0.1) is 0 Å². The molecule has 122 valence electrons. The van der Waals surface area contributed by atoms with Crippen molar-refractivity contribution in [3.63, 3.8) is 0 Å². The van der Waals surface area contributed by atoms with Crippen molar-refractivity contribution >= 4 is 27.5 Å². The summed E-state index contributed by atoms with van der Waals surface area (Å²) in [5.74, 6) is 0.322. The molecule has 1 fully saturated rings. The third-order valence-electron chi connectivity index (χ3n) is 3.55. The highest BCUT2D eigenvalue weighted by atomic mass is 35.5. The number of carbonyl (C=O) groups excluding carboxylic acids is 1. The van der Waals surface area contributed by atoms with Crippen molar-refractivity contribution in [2.45, 2.75) is 18.9 Å². The predicted octanol–water partition coefficient (Wildman–Crippen LogP) is 1.50. The standard InChI is InChI=1S/C14H19ClN2O4S/c1-21-13-4-3-10(15)9-12(13)14(18)17-7-5-11(6-8-17)16-22(2,19)20/h3-4,9,11,16H,5-8H2,1-2H3. The lowest BCUT2D eigenvalue weighted by atomic mass is 10.0. The molecule has 6 nitrogen and oxygen atoms in total. The van der Waals surface area contributed by atoms with Gasteiger partial charge in [-0.2, -0.15) is 0 Å². The quantitative estimate of drug-likeness (QED) is 0.896. The van der Waals surface area contributed by atoms with Gasteiger partial charge in [-0.05, 0) is 31.0 Å². The minimum Gasteiger partial charge on any atom is -0.496 e. The van der Waals surface area contributed by atoms with Gasteiger partial charge < -0.3 is 9.64 Å². The number of piperidine rings is 1. The maximum atomic E-state index is 12.6. The number of carbonyl (C=O) groups is 1. The van der Waals surface area contributed by atoms with E-state index in [1.807, 2.05) is 0 Å². The highest BCUT2D eigenvalue weighted by Gasteiger charge is 2.26. The first kappa shape index (κ1) is 17.1. The Morgan fingerprint density at radius 1 is 1.36 bits per heavy atom. The maximum Gasteiger partial charge on any atom is 0.257 e. The Morgan fingerprint density at radius 3 is 2.55 bits per heavy atom. The van der Waals surface area contributed by atoms with Gasteiger partial charge in [-0.1, -0.05) is 11.6 Å². The third-order valence-corrected chi connectivity index (χ3v) is 4.55. The molecule has 2 rings (SSSR count). The zero-order valence-electron chi connectivity index (χ0n) is 12.5. The molecule has 0 unspecified atom stereocenters. The van der Waals surface area contributed by atoms with Crippen LogP contribution in [0.1, 0.15) is 23.2 Å². The Bertz CT molecular complexity index is 655. The van der Waals surface area contributed by atoms with E-state index in [9.17, 15) is 13.2 Å². The van der Waals surface area contributed by atoms with Gasteiger partial charge in [-0.15, -0.1) is 0 Å². The Hall–Kier alpha value is -1.31. The zero-order chi connectivity index (χ0) is 16.3. The van der Waals surface area contributed by atoms with E-state index < -0.39 is 10.0 Å². The number of hydrogen-bond donors (Lipinski definition) is 1. The van der Waals surface area contributed by atoms with Crippen molar-refractivity contribution in [3.05, 3.63) is 28.8 Å². The first-order valence-electron chi connectivity index (χ1n) is 6.90. The van der Waals surface area contributed by atoms with E-state index in [-0.39, 0.29) is 11.9 Å². The summed E-state index contributed by atoms with van der Waals surface area (Å²) >= 11 is 5.95. The van der Waals surface area contributed by atoms with E-state index in [4.69, 9.17) is 16.3 Å². The van der Waals surface area contributed by atoms with E-state index in [2.05, 4.69) is 4.72 Å². The van der Waals surface area contributed by atoms with Crippen molar-refractivity contribution in [2.75, 3.05) is 26.5 Å². The number of amides is 1. The smallest absolute Gasteiger partial charge is 0.257 e. The number of benzene rings is 1. The van der Waals surface area contributed by atoms with E-state index >= 15 is 0 Å². The summed E-state index contributed by atoms with van der Waals surface area (Å²) in [4.78, 5) is 14.3. The molecule has 0 saturated carbocycles. The monoisotopic (exact) mass is 346 g/mol. The molecule has 0 aromatic heterocycles. The number of ether oxygens (including phenoxy) is 1. The van der Waals surface area contributed by atoms with Gasteiger partial charge in [0.15, 0.2) is 0 Å². The van der Waals surface area contributed by atoms with Crippen LogP contribution >= 0.6 is 11.6 Å². The molecule has 8 heteroatoms. The van der Waals surface area contributed by atoms with E-state index in [1.54, 1.807) is 23.1 Å². The second-order valence-electron chi connectivity index (χ2n) is 5.30. The molecule has 0 radical (unpaired) electrons. The van der Waals surface area contributed by atoms with Gasteiger partial charge >= 0.3 is 0 Å². The Morgan fingerprint density at radius 2 is 2.00 bits per heavy atom. The average molecular weight is 347 g/mol. The van der Waals surface area contributed by atoms with Crippen LogP contribution in [0.3, 0.4) is 0 Å². The molecule has 0 bridgehead atoms. The van der Waals surface area contributed by atoms with Crippen molar-refractivity contribution in [1.29, 1.82) is 0 Å². The molecule has 0 aliphatic carbocycles. The average Bonchev–Trinajstić information content (AvgIpc) is 2.45. The Balaban J connectivity index is 2.05. The molecule has 1 aliphatic rings. The molecule has 1 saturated heterocycles. The molecule has 1 aromatic carbocycles. The van der Waals surface area contributed by atoms with Gasteiger partial charge in [0.05, 0.1) is 18.9 Å². The first-order valence-corrected chi connectivity index (χ1v) is 9.17. The normalized spacial score (nSPS) is 16.6. The number of likely N-dealkylation sites (tertiary alicyclic amines) is 1.